The van der Waals surface area contributed by atoms with E-state index in [2.05, 4.69) is 69.6 Å². The molecule has 0 spiro atoms. The molecule has 1 N–H and O–H groups in total. The molecule has 43 heavy (non-hydrogen) atoms. The Hall–Kier alpha value is -0.0100. The molecule has 0 saturated heterocycles. The Morgan fingerprint density at radius 1 is 0.581 bits per heavy atom. The molecule has 0 heterocycles. The summed E-state index contributed by atoms with van der Waals surface area (Å²) in [4.78, 5) is 10.2. The SMILES string of the molecule is CC(C)CCCC(C)CCCC(C)CCOCC(COP(=O)(O)OCCCC[N+](C)(C)C)OCCC(C)CCCC(C)C. The largest absolute Gasteiger partial charge is 0.472 e. The maximum Gasteiger partial charge on any atom is 0.472 e. The van der Waals surface area contributed by atoms with Crippen molar-refractivity contribution in [3.05, 3.63) is 0 Å². The van der Waals surface area contributed by atoms with Gasteiger partial charge in [0.05, 0.1) is 47.5 Å². The Balaban J connectivity index is 4.52. The first-order valence-corrected chi connectivity index (χ1v) is 19.2. The van der Waals surface area contributed by atoms with Gasteiger partial charge in [0.2, 0.25) is 0 Å². The van der Waals surface area contributed by atoms with Crippen molar-refractivity contribution in [3.8, 4) is 0 Å². The molecule has 5 unspecified atom stereocenters. The van der Waals surface area contributed by atoms with Crippen LogP contribution in [-0.4, -0.2) is 76.2 Å². The molecule has 0 aromatic rings. The molecule has 0 rings (SSSR count). The second kappa shape index (κ2) is 25.1. The molecule has 7 nitrogen and oxygen atoms in total. The molecule has 5 atom stereocenters. The molecule has 0 fully saturated rings. The molecule has 0 aromatic carbocycles. The molecular weight excluding hydrogens is 561 g/mol. The Labute approximate surface area is 268 Å². The Bertz CT molecular complexity index is 684. The molecule has 260 valence electrons. The van der Waals surface area contributed by atoms with Gasteiger partial charge in [-0.05, 0) is 55.3 Å². The molecule has 0 saturated carbocycles. The third-order valence-electron chi connectivity index (χ3n) is 8.27. The van der Waals surface area contributed by atoms with Crippen LogP contribution in [0.25, 0.3) is 0 Å². The standard InChI is InChI=1S/C35H74NO6P/c1-30(2)16-13-18-32(5)20-15-21-33(6)22-26-39-28-35(40-27-23-34(7)19-14-17-31(3)4)29-42-43(37,38)41-25-12-11-24-36(8,9)10/h30-35H,11-29H2,1-10H3/p+1. The second-order valence-corrected chi connectivity index (χ2v) is 16.8. The van der Waals surface area contributed by atoms with E-state index in [1.54, 1.807) is 0 Å². The number of hydrogen-bond acceptors (Lipinski definition) is 5. The number of hydrogen-bond donors (Lipinski definition) is 1. The highest BCUT2D eigenvalue weighted by molar-refractivity contribution is 7.47. The summed E-state index contributed by atoms with van der Waals surface area (Å²) >= 11 is 0. The van der Waals surface area contributed by atoms with Crippen LogP contribution in [0, 0.1) is 29.6 Å². The van der Waals surface area contributed by atoms with Crippen molar-refractivity contribution in [1.29, 1.82) is 0 Å². The van der Waals surface area contributed by atoms with Crippen LogP contribution in [0.15, 0.2) is 0 Å². The molecule has 0 aromatic heterocycles. The van der Waals surface area contributed by atoms with Crippen LogP contribution in [0.2, 0.25) is 0 Å². The molecule has 0 aliphatic heterocycles. The summed E-state index contributed by atoms with van der Waals surface area (Å²) in [7, 11) is 2.27. The minimum Gasteiger partial charge on any atom is -0.379 e. The Kier molecular flexibility index (Phi) is 25.1. The van der Waals surface area contributed by atoms with Crippen LogP contribution in [-0.2, 0) is 23.1 Å². The zero-order chi connectivity index (χ0) is 32.7. The number of phosphoric ester groups is 1. The van der Waals surface area contributed by atoms with E-state index >= 15 is 0 Å². The van der Waals surface area contributed by atoms with Crippen LogP contribution >= 0.6 is 7.82 Å². The van der Waals surface area contributed by atoms with Gasteiger partial charge in [0.15, 0.2) is 0 Å². The molecule has 8 heteroatoms. The van der Waals surface area contributed by atoms with Gasteiger partial charge in [0.25, 0.3) is 0 Å². The fourth-order valence-corrected chi connectivity index (χ4v) is 5.95. The van der Waals surface area contributed by atoms with E-state index in [1.807, 2.05) is 0 Å². The van der Waals surface area contributed by atoms with Crippen molar-refractivity contribution >= 4 is 7.82 Å². The van der Waals surface area contributed by atoms with Crippen LogP contribution in [0.5, 0.6) is 0 Å². The molecule has 0 aliphatic carbocycles. The predicted octanol–water partition coefficient (Wildman–Crippen LogP) is 9.52. The van der Waals surface area contributed by atoms with E-state index in [-0.39, 0.29) is 13.2 Å². The van der Waals surface area contributed by atoms with Gasteiger partial charge in [-0.3, -0.25) is 9.05 Å². The number of unbranched alkanes of at least 4 members (excludes halogenated alkanes) is 1. The summed E-state index contributed by atoms with van der Waals surface area (Å²) < 4.78 is 36.1. The third kappa shape index (κ3) is 30.4. The summed E-state index contributed by atoms with van der Waals surface area (Å²) in [6.45, 7) is 18.9. The topological polar surface area (TPSA) is 74.2 Å². The first kappa shape index (κ1) is 43.0. The third-order valence-corrected chi connectivity index (χ3v) is 9.26. The molecule has 0 aliphatic rings. The lowest BCUT2D eigenvalue weighted by Gasteiger charge is -2.24. The van der Waals surface area contributed by atoms with Crippen molar-refractivity contribution in [2.24, 2.45) is 29.6 Å². The monoisotopic (exact) mass is 637 g/mol. The lowest BCUT2D eigenvalue weighted by Crippen LogP contribution is -2.35. The molecular formula is C35H75NO6P+. The van der Waals surface area contributed by atoms with Crippen molar-refractivity contribution < 1.29 is 32.5 Å². The summed E-state index contributed by atoms with van der Waals surface area (Å²) in [5, 5.41) is 0. The van der Waals surface area contributed by atoms with Gasteiger partial charge in [-0.2, -0.15) is 0 Å². The summed E-state index contributed by atoms with van der Waals surface area (Å²) in [5.74, 6) is 3.56. The first-order valence-electron chi connectivity index (χ1n) is 17.7. The van der Waals surface area contributed by atoms with Crippen LogP contribution in [0.3, 0.4) is 0 Å². The van der Waals surface area contributed by atoms with Crippen LogP contribution in [0.1, 0.15) is 132 Å². The first-order chi connectivity index (χ1) is 20.1. The minimum absolute atomic E-state index is 0.0152. The average Bonchev–Trinajstić information content (AvgIpc) is 2.88. The van der Waals surface area contributed by atoms with Gasteiger partial charge >= 0.3 is 7.82 Å². The van der Waals surface area contributed by atoms with Gasteiger partial charge in [-0.15, -0.1) is 0 Å². The van der Waals surface area contributed by atoms with E-state index in [9.17, 15) is 9.46 Å². The summed E-state index contributed by atoms with van der Waals surface area (Å²) in [5.41, 5.74) is 0. The fourth-order valence-electron chi connectivity index (χ4n) is 5.16. The number of nitrogens with zero attached hydrogens (tertiary/aromatic N) is 1. The van der Waals surface area contributed by atoms with Gasteiger partial charge in [-0.25, -0.2) is 4.57 Å². The maximum absolute atomic E-state index is 12.5. The Morgan fingerprint density at radius 2 is 1.07 bits per heavy atom. The highest BCUT2D eigenvalue weighted by atomic mass is 31.2. The summed E-state index contributed by atoms with van der Waals surface area (Å²) in [6.07, 6.45) is 14.8. The van der Waals surface area contributed by atoms with Crippen molar-refractivity contribution in [1.82, 2.24) is 0 Å². The van der Waals surface area contributed by atoms with Gasteiger partial charge in [0.1, 0.15) is 6.10 Å². The van der Waals surface area contributed by atoms with E-state index in [1.165, 1.54) is 57.8 Å². The highest BCUT2D eigenvalue weighted by Crippen LogP contribution is 2.43. The number of rotatable bonds is 30. The number of quaternary nitrogens is 1. The molecule has 0 amide bonds. The smallest absolute Gasteiger partial charge is 0.379 e. The lowest BCUT2D eigenvalue weighted by atomic mass is 9.93. The average molecular weight is 637 g/mol. The minimum atomic E-state index is -4.13. The van der Waals surface area contributed by atoms with Gasteiger partial charge < -0.3 is 18.9 Å². The van der Waals surface area contributed by atoms with Crippen molar-refractivity contribution in [2.45, 2.75) is 138 Å². The zero-order valence-electron chi connectivity index (χ0n) is 30.3. The molecule has 0 bridgehead atoms. The number of ether oxygens (including phenoxy) is 2. The lowest BCUT2D eigenvalue weighted by molar-refractivity contribution is -0.870. The van der Waals surface area contributed by atoms with E-state index in [4.69, 9.17) is 18.5 Å². The molecule has 0 radical (unpaired) electrons. The van der Waals surface area contributed by atoms with Crippen LogP contribution < -0.4 is 0 Å². The zero-order valence-corrected chi connectivity index (χ0v) is 31.2. The maximum atomic E-state index is 12.5. The van der Waals surface area contributed by atoms with E-state index in [0.29, 0.717) is 31.7 Å². The van der Waals surface area contributed by atoms with Gasteiger partial charge in [0, 0.05) is 13.2 Å². The van der Waals surface area contributed by atoms with Crippen molar-refractivity contribution in [3.63, 3.8) is 0 Å². The fraction of sp³-hybridized carbons (Fsp3) is 1.00. The predicted molar refractivity (Wildman–Crippen MR) is 182 cm³/mol. The highest BCUT2D eigenvalue weighted by Gasteiger charge is 2.24. The van der Waals surface area contributed by atoms with Crippen LogP contribution in [0.4, 0.5) is 0 Å². The summed E-state index contributed by atoms with van der Waals surface area (Å²) in [6, 6.07) is 0. The Morgan fingerprint density at radius 3 is 1.58 bits per heavy atom. The second-order valence-electron chi connectivity index (χ2n) is 15.4. The number of phosphoric acid groups is 1. The van der Waals surface area contributed by atoms with E-state index < -0.39 is 13.9 Å². The van der Waals surface area contributed by atoms with E-state index in [0.717, 1.165) is 54.5 Å². The van der Waals surface area contributed by atoms with Gasteiger partial charge in [-0.1, -0.05) is 106 Å². The normalized spacial score (nSPS) is 16.9. The quantitative estimate of drug-likeness (QED) is 0.0481. The van der Waals surface area contributed by atoms with Crippen molar-refractivity contribution in [2.75, 3.05) is 60.7 Å².